The second-order valence-electron chi connectivity index (χ2n) is 5.30. The van der Waals surface area contributed by atoms with Gasteiger partial charge in [0.1, 0.15) is 4.99 Å². The van der Waals surface area contributed by atoms with Gasteiger partial charge in [-0.1, -0.05) is 12.2 Å². The van der Waals surface area contributed by atoms with Gasteiger partial charge < -0.3 is 16.0 Å². The highest BCUT2D eigenvalue weighted by Gasteiger charge is 2.19. The lowest BCUT2D eigenvalue weighted by molar-refractivity contribution is 0.217. The molecule has 3 N–H and O–H groups in total. The van der Waals surface area contributed by atoms with Crippen molar-refractivity contribution in [3.05, 3.63) is 29.3 Å². The maximum Gasteiger partial charge on any atom is 0.182 e. The summed E-state index contributed by atoms with van der Waals surface area (Å²) < 4.78 is 27.6. The molecule has 1 aromatic rings. The summed E-state index contributed by atoms with van der Waals surface area (Å²) in [4.78, 5) is 2.12. The van der Waals surface area contributed by atoms with Crippen molar-refractivity contribution in [1.29, 1.82) is 0 Å². The Morgan fingerprint density at radius 1 is 1.45 bits per heavy atom. The van der Waals surface area contributed by atoms with E-state index in [-0.39, 0.29) is 16.2 Å². The van der Waals surface area contributed by atoms with Crippen LogP contribution in [-0.2, 0) is 0 Å². The van der Waals surface area contributed by atoms with Crippen LogP contribution in [0.4, 0.5) is 14.5 Å². The highest BCUT2D eigenvalue weighted by molar-refractivity contribution is 7.80. The first-order chi connectivity index (χ1) is 9.49. The van der Waals surface area contributed by atoms with Gasteiger partial charge in [-0.05, 0) is 44.5 Å². The minimum absolute atomic E-state index is 0.0551. The summed E-state index contributed by atoms with van der Waals surface area (Å²) in [5.74, 6) is -1.45. The molecule has 0 saturated carbocycles. The molecule has 0 radical (unpaired) electrons. The fraction of sp³-hybridized carbons (Fsp3) is 0.500. The van der Waals surface area contributed by atoms with Gasteiger partial charge in [0, 0.05) is 18.7 Å². The number of rotatable bonds is 4. The summed E-state index contributed by atoms with van der Waals surface area (Å²) in [5, 5.41) is 2.98. The van der Waals surface area contributed by atoms with Crippen LogP contribution < -0.4 is 11.1 Å². The van der Waals surface area contributed by atoms with E-state index in [9.17, 15) is 8.78 Å². The molecule has 1 heterocycles. The van der Waals surface area contributed by atoms with Crippen LogP contribution in [0.2, 0.25) is 0 Å². The summed E-state index contributed by atoms with van der Waals surface area (Å²) in [6.45, 7) is 2.71. The Morgan fingerprint density at radius 3 is 2.85 bits per heavy atom. The van der Waals surface area contributed by atoms with Gasteiger partial charge in [0.05, 0.1) is 5.69 Å². The van der Waals surface area contributed by atoms with E-state index < -0.39 is 11.6 Å². The largest absolute Gasteiger partial charge is 0.389 e. The number of benzene rings is 1. The van der Waals surface area contributed by atoms with Gasteiger partial charge in [-0.15, -0.1) is 0 Å². The predicted molar refractivity (Wildman–Crippen MR) is 81.0 cm³/mol. The van der Waals surface area contributed by atoms with E-state index >= 15 is 0 Å². The highest BCUT2D eigenvalue weighted by Crippen LogP contribution is 2.22. The molecule has 2 rings (SSSR count). The van der Waals surface area contributed by atoms with Gasteiger partial charge >= 0.3 is 0 Å². The van der Waals surface area contributed by atoms with Gasteiger partial charge in [-0.2, -0.15) is 0 Å². The highest BCUT2D eigenvalue weighted by atomic mass is 32.1. The topological polar surface area (TPSA) is 41.3 Å². The first-order valence-electron chi connectivity index (χ1n) is 6.69. The number of piperidine rings is 1. The molecule has 110 valence electrons. The summed E-state index contributed by atoms with van der Waals surface area (Å²) >= 11 is 4.68. The van der Waals surface area contributed by atoms with Crippen LogP contribution in [0.15, 0.2) is 12.1 Å². The monoisotopic (exact) mass is 299 g/mol. The summed E-state index contributed by atoms with van der Waals surface area (Å²) in [5.41, 5.74) is 5.45. The number of nitrogens with two attached hydrogens (primary N) is 1. The normalized spacial score (nSPS) is 19.9. The number of halogens is 2. The lowest BCUT2D eigenvalue weighted by Gasteiger charge is -2.30. The molecule has 0 aromatic heterocycles. The van der Waals surface area contributed by atoms with Crippen molar-refractivity contribution in [1.82, 2.24) is 4.90 Å². The summed E-state index contributed by atoms with van der Waals surface area (Å²) in [6, 6.07) is 2.90. The Kier molecular flexibility index (Phi) is 4.88. The van der Waals surface area contributed by atoms with E-state index in [1.807, 2.05) is 0 Å². The maximum absolute atomic E-state index is 13.9. The van der Waals surface area contributed by atoms with Crippen molar-refractivity contribution >= 4 is 22.9 Å². The quantitative estimate of drug-likeness (QED) is 0.838. The van der Waals surface area contributed by atoms with Crippen molar-refractivity contribution in [2.75, 3.05) is 32.0 Å². The Morgan fingerprint density at radius 2 is 2.20 bits per heavy atom. The number of likely N-dealkylation sites (tertiary alicyclic amines) is 1. The lowest BCUT2D eigenvalue weighted by atomic mass is 9.98. The zero-order chi connectivity index (χ0) is 14.7. The fourth-order valence-electron chi connectivity index (χ4n) is 2.57. The van der Waals surface area contributed by atoms with E-state index in [0.29, 0.717) is 12.5 Å². The van der Waals surface area contributed by atoms with Crippen LogP contribution in [0.25, 0.3) is 0 Å². The second-order valence-corrected chi connectivity index (χ2v) is 5.74. The molecule has 1 fully saturated rings. The molecular weight excluding hydrogens is 280 g/mol. The molecule has 0 spiro atoms. The third-order valence-electron chi connectivity index (χ3n) is 3.65. The van der Waals surface area contributed by atoms with Crippen molar-refractivity contribution in [2.24, 2.45) is 11.7 Å². The minimum atomic E-state index is -0.983. The Balaban J connectivity index is 2.03. The molecule has 1 aromatic carbocycles. The van der Waals surface area contributed by atoms with E-state index in [4.69, 9.17) is 5.73 Å². The maximum atomic E-state index is 13.9. The molecule has 0 aliphatic carbocycles. The molecule has 6 heteroatoms. The molecule has 20 heavy (non-hydrogen) atoms. The number of nitrogens with one attached hydrogen (secondary N) is 1. The zero-order valence-electron chi connectivity index (χ0n) is 11.5. The van der Waals surface area contributed by atoms with E-state index in [1.165, 1.54) is 12.1 Å². The third kappa shape index (κ3) is 3.43. The summed E-state index contributed by atoms with van der Waals surface area (Å²) in [6.07, 6.45) is 2.24. The van der Waals surface area contributed by atoms with Crippen LogP contribution in [0.5, 0.6) is 0 Å². The molecule has 1 unspecified atom stereocenters. The zero-order valence-corrected chi connectivity index (χ0v) is 12.3. The molecule has 1 atom stereocenters. The molecule has 0 bridgehead atoms. The fourth-order valence-corrected chi connectivity index (χ4v) is 2.73. The van der Waals surface area contributed by atoms with Gasteiger partial charge in [0.15, 0.2) is 11.6 Å². The standard InChI is InChI=1S/C14H19F2N3S/c1-19-6-2-3-9(8-19)7-18-11-5-4-10(14(17)20)12(15)13(11)16/h4-5,9,18H,2-3,6-8H2,1H3,(H2,17,20). The van der Waals surface area contributed by atoms with Crippen LogP contribution in [0.1, 0.15) is 18.4 Å². The van der Waals surface area contributed by atoms with E-state index in [1.54, 1.807) is 0 Å². The van der Waals surface area contributed by atoms with Crippen molar-refractivity contribution in [3.63, 3.8) is 0 Å². The molecule has 1 saturated heterocycles. The molecule has 3 nitrogen and oxygen atoms in total. The van der Waals surface area contributed by atoms with Gasteiger partial charge in [0.25, 0.3) is 0 Å². The SMILES string of the molecule is CN1CCCC(CNc2ccc(C(N)=S)c(F)c2F)C1. The van der Waals surface area contributed by atoms with E-state index in [0.717, 1.165) is 25.9 Å². The third-order valence-corrected chi connectivity index (χ3v) is 3.87. The van der Waals surface area contributed by atoms with E-state index in [2.05, 4.69) is 29.5 Å². The van der Waals surface area contributed by atoms with Gasteiger partial charge in [0.2, 0.25) is 0 Å². The smallest absolute Gasteiger partial charge is 0.182 e. The number of hydrogen-bond donors (Lipinski definition) is 2. The molecular formula is C14H19F2N3S. The molecule has 1 aliphatic heterocycles. The van der Waals surface area contributed by atoms with Crippen LogP contribution in [0.3, 0.4) is 0 Å². The minimum Gasteiger partial charge on any atom is -0.389 e. The molecule has 0 amide bonds. The molecule has 1 aliphatic rings. The van der Waals surface area contributed by atoms with Crippen molar-refractivity contribution < 1.29 is 8.78 Å². The van der Waals surface area contributed by atoms with Gasteiger partial charge in [-0.25, -0.2) is 8.78 Å². The van der Waals surface area contributed by atoms with Crippen molar-refractivity contribution in [3.8, 4) is 0 Å². The Hall–Kier alpha value is -1.27. The van der Waals surface area contributed by atoms with Crippen LogP contribution in [-0.4, -0.2) is 36.6 Å². The Bertz CT molecular complexity index is 507. The average Bonchev–Trinajstić information content (AvgIpc) is 2.40. The number of hydrogen-bond acceptors (Lipinski definition) is 3. The van der Waals surface area contributed by atoms with Crippen molar-refractivity contribution in [2.45, 2.75) is 12.8 Å². The number of thiocarbonyl (C=S) groups is 1. The average molecular weight is 299 g/mol. The second kappa shape index (κ2) is 6.45. The van der Waals surface area contributed by atoms with Gasteiger partial charge in [-0.3, -0.25) is 0 Å². The first kappa shape index (κ1) is 15.1. The van der Waals surface area contributed by atoms with Crippen LogP contribution in [0, 0.1) is 17.6 Å². The number of anilines is 1. The predicted octanol–water partition coefficient (Wildman–Crippen LogP) is 2.35. The van der Waals surface area contributed by atoms with Crippen LogP contribution >= 0.6 is 12.2 Å². The Labute approximate surface area is 123 Å². The number of nitrogens with zero attached hydrogens (tertiary/aromatic N) is 1. The first-order valence-corrected chi connectivity index (χ1v) is 7.10. The summed E-state index contributed by atoms with van der Waals surface area (Å²) in [7, 11) is 2.07. The lowest BCUT2D eigenvalue weighted by Crippen LogP contribution is -2.35.